The van der Waals surface area contributed by atoms with Gasteiger partial charge in [-0.05, 0) is 39.7 Å². The molecule has 0 fully saturated rings. The molecule has 0 unspecified atom stereocenters. The van der Waals surface area contributed by atoms with Gasteiger partial charge >= 0.3 is 0 Å². The Morgan fingerprint density at radius 3 is 2.81 bits per heavy atom. The van der Waals surface area contributed by atoms with Crippen LogP contribution in [-0.2, 0) is 6.42 Å². The third-order valence-electron chi connectivity index (χ3n) is 2.14. The standard InChI is InChI=1S/C12H8BrClOS/c13-12-6-9(7-16-12)11(15)5-8-2-1-3-10(14)4-8/h1-4,6-7H,5H2. The average Bonchev–Trinajstić information content (AvgIpc) is 2.65. The van der Waals surface area contributed by atoms with Gasteiger partial charge in [0.25, 0.3) is 0 Å². The molecule has 2 aromatic rings. The Kier molecular flexibility index (Phi) is 3.79. The number of rotatable bonds is 3. The summed E-state index contributed by atoms with van der Waals surface area (Å²) in [5, 5.41) is 2.52. The van der Waals surface area contributed by atoms with Gasteiger partial charge in [0.2, 0.25) is 0 Å². The lowest BCUT2D eigenvalue weighted by molar-refractivity contribution is 0.0993. The third kappa shape index (κ3) is 2.94. The maximum Gasteiger partial charge on any atom is 0.168 e. The number of hydrogen-bond donors (Lipinski definition) is 0. The Labute approximate surface area is 111 Å². The summed E-state index contributed by atoms with van der Waals surface area (Å²) in [5.74, 6) is 0.115. The lowest BCUT2D eigenvalue weighted by Crippen LogP contribution is -2.01. The number of thiophene rings is 1. The number of Topliss-reactive ketones (excluding diaryl/α,β-unsaturated/α-hetero) is 1. The summed E-state index contributed by atoms with van der Waals surface area (Å²) in [4.78, 5) is 11.9. The normalized spacial score (nSPS) is 10.4. The van der Waals surface area contributed by atoms with Crippen molar-refractivity contribution in [1.29, 1.82) is 0 Å². The molecule has 0 saturated carbocycles. The second kappa shape index (κ2) is 5.13. The minimum atomic E-state index is 0.115. The molecule has 0 radical (unpaired) electrons. The van der Waals surface area contributed by atoms with Crippen molar-refractivity contribution < 1.29 is 4.79 Å². The van der Waals surface area contributed by atoms with Gasteiger partial charge in [-0.15, -0.1) is 11.3 Å². The third-order valence-corrected chi connectivity index (χ3v) is 3.88. The van der Waals surface area contributed by atoms with Gasteiger partial charge < -0.3 is 0 Å². The second-order valence-corrected chi connectivity index (χ2v) is 6.10. The van der Waals surface area contributed by atoms with E-state index in [1.165, 1.54) is 11.3 Å². The van der Waals surface area contributed by atoms with E-state index in [1.807, 2.05) is 29.6 Å². The van der Waals surface area contributed by atoms with Crippen LogP contribution in [-0.4, -0.2) is 5.78 Å². The average molecular weight is 316 g/mol. The minimum Gasteiger partial charge on any atom is -0.294 e. The maximum atomic E-state index is 11.9. The molecule has 4 heteroatoms. The SMILES string of the molecule is O=C(Cc1cccc(Cl)c1)c1csc(Br)c1. The fourth-order valence-electron chi connectivity index (χ4n) is 1.39. The molecule has 0 saturated heterocycles. The highest BCUT2D eigenvalue weighted by molar-refractivity contribution is 9.11. The van der Waals surface area contributed by atoms with Crippen molar-refractivity contribution in [3.8, 4) is 0 Å². The van der Waals surface area contributed by atoms with Crippen LogP contribution < -0.4 is 0 Å². The molecular weight excluding hydrogens is 308 g/mol. The number of ketones is 1. The van der Waals surface area contributed by atoms with Gasteiger partial charge in [-0.25, -0.2) is 0 Å². The topological polar surface area (TPSA) is 17.1 Å². The van der Waals surface area contributed by atoms with E-state index in [4.69, 9.17) is 11.6 Å². The summed E-state index contributed by atoms with van der Waals surface area (Å²) in [6.45, 7) is 0. The smallest absolute Gasteiger partial charge is 0.168 e. The Morgan fingerprint density at radius 1 is 1.38 bits per heavy atom. The molecule has 0 aliphatic rings. The van der Waals surface area contributed by atoms with Gasteiger partial charge in [-0.3, -0.25) is 4.79 Å². The molecule has 0 spiro atoms. The van der Waals surface area contributed by atoms with Crippen LogP contribution in [0.5, 0.6) is 0 Å². The number of hydrogen-bond acceptors (Lipinski definition) is 2. The Bertz CT molecular complexity index is 521. The number of benzene rings is 1. The van der Waals surface area contributed by atoms with Crippen LogP contribution in [0.25, 0.3) is 0 Å². The Morgan fingerprint density at radius 2 is 2.19 bits per heavy atom. The summed E-state index contributed by atoms with van der Waals surface area (Å²) in [6, 6.07) is 9.23. The van der Waals surface area contributed by atoms with Crippen LogP contribution in [0, 0.1) is 0 Å². The first-order valence-corrected chi connectivity index (χ1v) is 6.72. The molecular formula is C12H8BrClOS. The van der Waals surface area contributed by atoms with Crippen LogP contribution in [0.15, 0.2) is 39.5 Å². The lowest BCUT2D eigenvalue weighted by atomic mass is 10.1. The van der Waals surface area contributed by atoms with E-state index in [2.05, 4.69) is 15.9 Å². The Hall–Kier alpha value is -0.640. The summed E-state index contributed by atoms with van der Waals surface area (Å²) >= 11 is 10.7. The predicted octanol–water partition coefficient (Wildman–Crippen LogP) is 4.59. The minimum absolute atomic E-state index is 0.115. The van der Waals surface area contributed by atoms with Crippen LogP contribution >= 0.6 is 38.9 Å². The summed E-state index contributed by atoms with van der Waals surface area (Å²) in [6.07, 6.45) is 0.393. The zero-order chi connectivity index (χ0) is 11.5. The van der Waals surface area contributed by atoms with Gasteiger partial charge in [0.15, 0.2) is 5.78 Å². The largest absolute Gasteiger partial charge is 0.294 e. The molecule has 0 aliphatic carbocycles. The monoisotopic (exact) mass is 314 g/mol. The van der Waals surface area contributed by atoms with E-state index >= 15 is 0 Å². The first-order chi connectivity index (χ1) is 7.65. The molecule has 1 heterocycles. The molecule has 2 rings (SSSR count). The fourth-order valence-corrected chi connectivity index (χ4v) is 2.76. The molecule has 1 aromatic carbocycles. The van der Waals surface area contributed by atoms with Gasteiger partial charge in [0, 0.05) is 22.4 Å². The summed E-state index contributed by atoms with van der Waals surface area (Å²) in [7, 11) is 0. The number of halogens is 2. The van der Waals surface area contributed by atoms with Gasteiger partial charge in [-0.2, -0.15) is 0 Å². The maximum absolute atomic E-state index is 11.9. The molecule has 0 atom stereocenters. The Balaban J connectivity index is 2.13. The van der Waals surface area contributed by atoms with Crippen LogP contribution in [0.1, 0.15) is 15.9 Å². The molecule has 0 bridgehead atoms. The zero-order valence-corrected chi connectivity index (χ0v) is 11.4. The molecule has 1 aromatic heterocycles. The molecule has 0 N–H and O–H groups in total. The first kappa shape index (κ1) is 11.8. The van der Waals surface area contributed by atoms with Crippen LogP contribution in [0.2, 0.25) is 5.02 Å². The van der Waals surface area contributed by atoms with Crippen molar-refractivity contribution in [2.24, 2.45) is 0 Å². The van der Waals surface area contributed by atoms with Gasteiger partial charge in [0.05, 0.1) is 3.79 Å². The van der Waals surface area contributed by atoms with E-state index in [1.54, 1.807) is 6.07 Å². The predicted molar refractivity (Wildman–Crippen MR) is 71.5 cm³/mol. The number of carbonyl (C=O) groups is 1. The van der Waals surface area contributed by atoms with Crippen molar-refractivity contribution >= 4 is 44.7 Å². The second-order valence-electron chi connectivity index (χ2n) is 3.37. The van der Waals surface area contributed by atoms with Crippen LogP contribution in [0.4, 0.5) is 0 Å². The van der Waals surface area contributed by atoms with E-state index < -0.39 is 0 Å². The summed E-state index contributed by atoms with van der Waals surface area (Å²) in [5.41, 5.74) is 1.69. The highest BCUT2D eigenvalue weighted by Gasteiger charge is 2.09. The van der Waals surface area contributed by atoms with Crippen molar-refractivity contribution in [3.05, 3.63) is 55.6 Å². The van der Waals surface area contributed by atoms with Crippen molar-refractivity contribution in [1.82, 2.24) is 0 Å². The van der Waals surface area contributed by atoms with E-state index in [9.17, 15) is 4.79 Å². The van der Waals surface area contributed by atoms with Gasteiger partial charge in [-0.1, -0.05) is 23.7 Å². The highest BCUT2D eigenvalue weighted by Crippen LogP contribution is 2.22. The molecule has 1 nitrogen and oxygen atoms in total. The molecule has 0 amide bonds. The first-order valence-electron chi connectivity index (χ1n) is 4.67. The quantitative estimate of drug-likeness (QED) is 0.757. The van der Waals surface area contributed by atoms with E-state index in [-0.39, 0.29) is 5.78 Å². The number of carbonyl (C=O) groups excluding carboxylic acids is 1. The van der Waals surface area contributed by atoms with Gasteiger partial charge in [0.1, 0.15) is 0 Å². The molecule has 16 heavy (non-hydrogen) atoms. The van der Waals surface area contributed by atoms with Crippen LogP contribution in [0.3, 0.4) is 0 Å². The fraction of sp³-hybridized carbons (Fsp3) is 0.0833. The van der Waals surface area contributed by atoms with Crippen molar-refractivity contribution in [2.45, 2.75) is 6.42 Å². The molecule has 82 valence electrons. The summed E-state index contributed by atoms with van der Waals surface area (Å²) < 4.78 is 0.974. The highest BCUT2D eigenvalue weighted by atomic mass is 79.9. The van der Waals surface area contributed by atoms with E-state index in [0.717, 1.165) is 14.9 Å². The molecule has 0 aliphatic heterocycles. The van der Waals surface area contributed by atoms with Crippen molar-refractivity contribution in [3.63, 3.8) is 0 Å². The zero-order valence-electron chi connectivity index (χ0n) is 8.24. The van der Waals surface area contributed by atoms with E-state index in [0.29, 0.717) is 11.4 Å². The lowest BCUT2D eigenvalue weighted by Gasteiger charge is -1.99. The van der Waals surface area contributed by atoms with Crippen molar-refractivity contribution in [2.75, 3.05) is 0 Å².